The monoisotopic (exact) mass is 376 g/mol. The fourth-order valence-electron chi connectivity index (χ4n) is 3.64. The molecule has 4 rings (SSSR count). The summed E-state index contributed by atoms with van der Waals surface area (Å²) in [4.78, 5) is 12.4. The van der Waals surface area contributed by atoms with Gasteiger partial charge in [0, 0.05) is 23.4 Å². The second kappa shape index (κ2) is 6.33. The van der Waals surface area contributed by atoms with Crippen molar-refractivity contribution in [3.8, 4) is 5.75 Å². The topological polar surface area (TPSA) is 75.8 Å². The van der Waals surface area contributed by atoms with Crippen LogP contribution < -0.4 is 10.5 Å². The Kier molecular flexibility index (Phi) is 4.68. The van der Waals surface area contributed by atoms with E-state index in [0.29, 0.717) is 32.1 Å². The van der Waals surface area contributed by atoms with Crippen molar-refractivity contribution in [1.29, 1.82) is 0 Å². The second-order valence-electron chi connectivity index (χ2n) is 6.73. The van der Waals surface area contributed by atoms with Crippen molar-refractivity contribution < 1.29 is 19.0 Å². The number of rotatable bonds is 4. The van der Waals surface area contributed by atoms with Crippen molar-refractivity contribution in [2.75, 3.05) is 6.61 Å². The standard InChI is InChI=1S/C16H19Cl2FN2O3/c17-11-2-1-10(7-12(11)19)24-9-14(23)21(18)16-5-3-15(20,4-6-16)8-13(16)22/h1-2,7,13,22H,3-6,8-9,20H2. The van der Waals surface area contributed by atoms with Crippen molar-refractivity contribution >= 4 is 29.3 Å². The number of hydrogen-bond acceptors (Lipinski definition) is 4. The lowest BCUT2D eigenvalue weighted by molar-refractivity contribution is -0.146. The van der Waals surface area contributed by atoms with Gasteiger partial charge in [-0.3, -0.25) is 4.79 Å². The molecule has 2 bridgehead atoms. The highest BCUT2D eigenvalue weighted by Gasteiger charge is 2.56. The first kappa shape index (κ1) is 17.7. The van der Waals surface area contributed by atoms with Crippen LogP contribution in [0, 0.1) is 5.82 Å². The molecule has 0 aliphatic heterocycles. The molecule has 3 fully saturated rings. The van der Waals surface area contributed by atoms with E-state index in [-0.39, 0.29) is 22.9 Å². The van der Waals surface area contributed by atoms with Gasteiger partial charge in [0.15, 0.2) is 6.61 Å². The van der Waals surface area contributed by atoms with Crippen LogP contribution in [0.4, 0.5) is 4.39 Å². The molecule has 3 saturated carbocycles. The maximum absolute atomic E-state index is 13.4. The lowest BCUT2D eigenvalue weighted by Gasteiger charge is -2.56. The van der Waals surface area contributed by atoms with Gasteiger partial charge in [-0.1, -0.05) is 11.6 Å². The Balaban J connectivity index is 1.65. The molecule has 1 amide bonds. The first-order valence-electron chi connectivity index (χ1n) is 7.79. The summed E-state index contributed by atoms with van der Waals surface area (Å²) in [6.07, 6.45) is 2.19. The van der Waals surface area contributed by atoms with Gasteiger partial charge in [-0.25, -0.2) is 8.81 Å². The molecule has 3 aliphatic carbocycles. The molecule has 132 valence electrons. The highest BCUT2D eigenvalue weighted by atomic mass is 35.5. The summed E-state index contributed by atoms with van der Waals surface area (Å²) in [6, 6.07) is 3.92. The summed E-state index contributed by atoms with van der Waals surface area (Å²) in [6.45, 7) is -0.354. The molecule has 0 heterocycles. The van der Waals surface area contributed by atoms with Crippen LogP contribution in [0.1, 0.15) is 32.1 Å². The van der Waals surface area contributed by atoms with E-state index in [1.54, 1.807) is 0 Å². The molecule has 1 aromatic carbocycles. The van der Waals surface area contributed by atoms with Gasteiger partial charge >= 0.3 is 0 Å². The Morgan fingerprint density at radius 1 is 1.42 bits per heavy atom. The molecule has 8 heteroatoms. The van der Waals surface area contributed by atoms with Crippen molar-refractivity contribution in [2.45, 2.75) is 49.3 Å². The van der Waals surface area contributed by atoms with Crippen LogP contribution in [0.25, 0.3) is 0 Å². The normalized spacial score (nSPS) is 31.8. The Labute approximate surface area is 149 Å². The van der Waals surface area contributed by atoms with Crippen molar-refractivity contribution in [3.63, 3.8) is 0 Å². The Hall–Kier alpha value is -1.08. The van der Waals surface area contributed by atoms with Crippen molar-refractivity contribution in [3.05, 3.63) is 29.0 Å². The minimum absolute atomic E-state index is 0.0238. The maximum atomic E-state index is 13.4. The SMILES string of the molecule is NC12CCC(N(Cl)C(=O)COc3ccc(Cl)c(F)c3)(CC1)C(O)C2. The first-order valence-corrected chi connectivity index (χ1v) is 8.51. The Morgan fingerprint density at radius 3 is 2.67 bits per heavy atom. The Morgan fingerprint density at radius 2 is 2.08 bits per heavy atom. The average Bonchev–Trinajstić information content (AvgIpc) is 2.55. The molecule has 5 nitrogen and oxygen atoms in total. The number of fused-ring (bicyclic) bond motifs is 3. The number of halogens is 3. The summed E-state index contributed by atoms with van der Waals surface area (Å²) in [5, 5.41) is 10.4. The summed E-state index contributed by atoms with van der Waals surface area (Å²) >= 11 is 11.9. The van der Waals surface area contributed by atoms with Crippen molar-refractivity contribution in [2.24, 2.45) is 5.73 Å². The van der Waals surface area contributed by atoms with Crippen molar-refractivity contribution in [1.82, 2.24) is 4.42 Å². The van der Waals surface area contributed by atoms with E-state index in [2.05, 4.69) is 0 Å². The number of ether oxygens (including phenoxy) is 1. The van der Waals surface area contributed by atoms with Gasteiger partial charge in [0.05, 0.1) is 16.7 Å². The van der Waals surface area contributed by atoms with E-state index >= 15 is 0 Å². The predicted octanol–water partition coefficient (Wildman–Crippen LogP) is 2.62. The van der Waals surface area contributed by atoms with Gasteiger partial charge in [-0.15, -0.1) is 0 Å². The molecule has 1 aromatic rings. The van der Waals surface area contributed by atoms with Crippen LogP contribution in [-0.4, -0.2) is 39.2 Å². The van der Waals surface area contributed by atoms with Crippen LogP contribution in [0.5, 0.6) is 5.75 Å². The summed E-state index contributed by atoms with van der Waals surface area (Å²) < 4.78 is 19.7. The lowest BCUT2D eigenvalue weighted by Crippen LogP contribution is -2.68. The van der Waals surface area contributed by atoms with Crippen LogP contribution in [0.3, 0.4) is 0 Å². The van der Waals surface area contributed by atoms with Gasteiger partial charge in [0.2, 0.25) is 0 Å². The number of amides is 1. The molecular weight excluding hydrogens is 358 g/mol. The minimum Gasteiger partial charge on any atom is -0.484 e. The number of carbonyl (C=O) groups excluding carboxylic acids is 1. The zero-order valence-corrected chi connectivity index (χ0v) is 14.5. The zero-order valence-electron chi connectivity index (χ0n) is 13.0. The molecular formula is C16H19Cl2FN2O3. The van der Waals surface area contributed by atoms with Crippen LogP contribution >= 0.6 is 23.4 Å². The van der Waals surface area contributed by atoms with Crippen LogP contribution in [0.2, 0.25) is 5.02 Å². The van der Waals surface area contributed by atoms with E-state index in [4.69, 9.17) is 33.8 Å². The van der Waals surface area contributed by atoms with E-state index in [1.807, 2.05) is 0 Å². The van der Waals surface area contributed by atoms with E-state index in [9.17, 15) is 14.3 Å². The third kappa shape index (κ3) is 3.08. The number of aliphatic hydroxyl groups excluding tert-OH is 1. The minimum atomic E-state index is -0.811. The number of aliphatic hydroxyl groups is 1. The quantitative estimate of drug-likeness (QED) is 0.791. The second-order valence-corrected chi connectivity index (χ2v) is 7.47. The van der Waals surface area contributed by atoms with E-state index < -0.39 is 23.4 Å². The van der Waals surface area contributed by atoms with Gasteiger partial charge in [-0.2, -0.15) is 0 Å². The van der Waals surface area contributed by atoms with Gasteiger partial charge < -0.3 is 15.6 Å². The number of benzene rings is 1. The average molecular weight is 377 g/mol. The third-order valence-corrected chi connectivity index (χ3v) is 6.03. The third-order valence-electron chi connectivity index (χ3n) is 5.20. The van der Waals surface area contributed by atoms with E-state index in [1.165, 1.54) is 12.1 Å². The largest absolute Gasteiger partial charge is 0.484 e. The predicted molar refractivity (Wildman–Crippen MR) is 88.3 cm³/mol. The molecule has 0 aromatic heterocycles. The molecule has 1 atom stereocenters. The molecule has 3 N–H and O–H groups in total. The van der Waals surface area contributed by atoms with Gasteiger partial charge in [0.1, 0.15) is 11.6 Å². The molecule has 0 spiro atoms. The fraction of sp³-hybridized carbons (Fsp3) is 0.562. The lowest BCUT2D eigenvalue weighted by atomic mass is 9.60. The summed E-state index contributed by atoms with van der Waals surface area (Å²) in [5.41, 5.74) is 5.03. The van der Waals surface area contributed by atoms with Gasteiger partial charge in [-0.05, 0) is 44.2 Å². The number of nitrogens with zero attached hydrogens (tertiary/aromatic N) is 1. The number of nitrogens with two attached hydrogens (primary N) is 1. The number of carbonyl (C=O) groups is 1. The van der Waals surface area contributed by atoms with Gasteiger partial charge in [0.25, 0.3) is 5.91 Å². The van der Waals surface area contributed by atoms with Crippen LogP contribution in [0.15, 0.2) is 18.2 Å². The highest BCUT2D eigenvalue weighted by molar-refractivity contribution is 6.30. The van der Waals surface area contributed by atoms with Crippen LogP contribution in [-0.2, 0) is 4.79 Å². The molecule has 0 radical (unpaired) electrons. The first-order chi connectivity index (χ1) is 11.3. The van der Waals surface area contributed by atoms with E-state index in [0.717, 1.165) is 10.5 Å². The molecule has 1 unspecified atom stereocenters. The fourth-order valence-corrected chi connectivity index (χ4v) is 4.09. The highest BCUT2D eigenvalue weighted by Crippen LogP contribution is 2.49. The summed E-state index contributed by atoms with van der Waals surface area (Å²) in [5.74, 6) is -0.934. The number of hydrogen-bond donors (Lipinski definition) is 2. The zero-order chi connectivity index (χ0) is 17.5. The smallest absolute Gasteiger partial charge is 0.275 e. The Bertz CT molecular complexity index is 650. The molecule has 24 heavy (non-hydrogen) atoms. The molecule has 3 aliphatic rings. The molecule has 0 saturated heterocycles. The maximum Gasteiger partial charge on any atom is 0.275 e. The summed E-state index contributed by atoms with van der Waals surface area (Å²) in [7, 11) is 0.